The standard InChI is InChI=1S/C3H7NO8S2/c1-12-2(5)4-3(13(6,7)8)14(9,10)11/h3H,1H3,(H,4,5)(H,6,7,8)(H,9,10,11). The molecule has 0 saturated heterocycles. The molecule has 0 spiro atoms. The third-order valence-electron chi connectivity index (χ3n) is 0.962. The minimum absolute atomic E-state index is 0.834. The summed E-state index contributed by atoms with van der Waals surface area (Å²) in [5, 5.41) is 1.21. The highest BCUT2D eigenvalue weighted by Crippen LogP contribution is 2.02. The molecule has 1 amide bonds. The lowest BCUT2D eigenvalue weighted by atomic mass is 11.1. The van der Waals surface area contributed by atoms with Crippen LogP contribution < -0.4 is 5.32 Å². The molecule has 9 nitrogen and oxygen atoms in total. The van der Waals surface area contributed by atoms with Crippen LogP contribution in [0.5, 0.6) is 0 Å². The first-order valence-corrected chi connectivity index (χ1v) is 5.86. The molecule has 0 unspecified atom stereocenters. The van der Waals surface area contributed by atoms with E-state index in [1.807, 2.05) is 0 Å². The maximum atomic E-state index is 10.4. The fourth-order valence-corrected chi connectivity index (χ4v) is 2.18. The number of methoxy groups -OCH3 is 1. The van der Waals surface area contributed by atoms with Crippen molar-refractivity contribution in [2.45, 2.75) is 4.71 Å². The van der Waals surface area contributed by atoms with E-state index in [0.29, 0.717) is 0 Å². The first kappa shape index (κ1) is 13.1. The molecular formula is C3H7NO8S2. The van der Waals surface area contributed by atoms with Gasteiger partial charge in [-0.2, -0.15) is 16.8 Å². The predicted molar refractivity (Wildman–Crippen MR) is 42.4 cm³/mol. The van der Waals surface area contributed by atoms with Crippen LogP contribution in [0.3, 0.4) is 0 Å². The van der Waals surface area contributed by atoms with Gasteiger partial charge in [-0.25, -0.2) is 4.79 Å². The molecule has 0 bridgehead atoms. The van der Waals surface area contributed by atoms with Crippen molar-refractivity contribution in [2.24, 2.45) is 0 Å². The maximum absolute atomic E-state index is 10.4. The Kier molecular flexibility index (Phi) is 3.81. The smallest absolute Gasteiger partial charge is 0.408 e. The Morgan fingerprint density at radius 3 is 1.79 bits per heavy atom. The number of alkyl carbamates (subject to hydrolysis) is 1. The lowest BCUT2D eigenvalue weighted by Gasteiger charge is -2.11. The summed E-state index contributed by atoms with van der Waals surface area (Å²) in [5.74, 6) is 0. The fourth-order valence-electron chi connectivity index (χ4n) is 0.458. The van der Waals surface area contributed by atoms with E-state index < -0.39 is 31.0 Å². The van der Waals surface area contributed by atoms with E-state index in [2.05, 4.69) is 4.74 Å². The number of amides is 1. The van der Waals surface area contributed by atoms with Gasteiger partial charge in [0, 0.05) is 0 Å². The van der Waals surface area contributed by atoms with E-state index >= 15 is 0 Å². The van der Waals surface area contributed by atoms with Crippen LogP contribution in [0.2, 0.25) is 0 Å². The summed E-state index contributed by atoms with van der Waals surface area (Å²) in [6, 6.07) is 0. The molecule has 3 N–H and O–H groups in total. The van der Waals surface area contributed by atoms with Gasteiger partial charge >= 0.3 is 26.3 Å². The molecule has 0 atom stereocenters. The summed E-state index contributed by atoms with van der Waals surface area (Å²) in [6.07, 6.45) is -1.44. The van der Waals surface area contributed by atoms with Crippen LogP contribution in [-0.2, 0) is 25.0 Å². The summed E-state index contributed by atoms with van der Waals surface area (Å²) >= 11 is 0. The maximum Gasteiger partial charge on any atom is 0.408 e. The van der Waals surface area contributed by atoms with Gasteiger partial charge in [0.1, 0.15) is 0 Å². The second-order valence-corrected chi connectivity index (χ2v) is 5.30. The number of hydrogen-bond acceptors (Lipinski definition) is 6. The number of hydrogen-bond donors (Lipinski definition) is 3. The third kappa shape index (κ3) is 3.87. The predicted octanol–water partition coefficient (Wildman–Crippen LogP) is -1.60. The van der Waals surface area contributed by atoms with Crippen molar-refractivity contribution in [3.63, 3.8) is 0 Å². The molecule has 0 aliphatic carbocycles. The fraction of sp³-hybridized carbons (Fsp3) is 0.667. The highest BCUT2D eigenvalue weighted by molar-refractivity contribution is 8.03. The number of carbonyl (C=O) groups excluding carboxylic acids is 1. The second kappa shape index (κ2) is 4.08. The van der Waals surface area contributed by atoms with Gasteiger partial charge in [0.05, 0.1) is 7.11 Å². The molecule has 0 aliphatic heterocycles. The Labute approximate surface area is 79.6 Å². The SMILES string of the molecule is COC(=O)NC(S(=O)(=O)O)S(=O)(=O)O. The Morgan fingerprint density at radius 2 is 1.57 bits per heavy atom. The topological polar surface area (TPSA) is 147 Å². The van der Waals surface area contributed by atoms with Crippen molar-refractivity contribution in [1.29, 1.82) is 0 Å². The van der Waals surface area contributed by atoms with Crippen molar-refractivity contribution in [1.82, 2.24) is 5.32 Å². The lowest BCUT2D eigenvalue weighted by Crippen LogP contribution is -2.45. The first-order chi connectivity index (χ1) is 6.09. The van der Waals surface area contributed by atoms with E-state index in [1.54, 1.807) is 0 Å². The Bertz CT molecular complexity index is 374. The van der Waals surface area contributed by atoms with Gasteiger partial charge in [-0.3, -0.25) is 14.4 Å². The molecule has 14 heavy (non-hydrogen) atoms. The molecule has 0 saturated carbocycles. The van der Waals surface area contributed by atoms with Gasteiger partial charge < -0.3 is 4.74 Å². The average Bonchev–Trinajstić information content (AvgIpc) is 1.95. The van der Waals surface area contributed by atoms with Crippen molar-refractivity contribution in [2.75, 3.05) is 7.11 Å². The molecule has 0 rings (SSSR count). The molecule has 0 aromatic heterocycles. The van der Waals surface area contributed by atoms with Crippen LogP contribution in [0.1, 0.15) is 0 Å². The van der Waals surface area contributed by atoms with Crippen LogP contribution in [0.25, 0.3) is 0 Å². The molecule has 0 aromatic rings. The molecule has 0 fully saturated rings. The van der Waals surface area contributed by atoms with Crippen molar-refractivity contribution in [3.05, 3.63) is 0 Å². The molecule has 0 aromatic carbocycles. The second-order valence-electron chi connectivity index (χ2n) is 2.00. The van der Waals surface area contributed by atoms with Crippen molar-refractivity contribution >= 4 is 26.3 Å². The lowest BCUT2D eigenvalue weighted by molar-refractivity contribution is 0.171. The normalized spacial score (nSPS) is 12.6. The van der Waals surface area contributed by atoms with Gasteiger partial charge in [-0.15, -0.1) is 0 Å². The van der Waals surface area contributed by atoms with Gasteiger partial charge in [0.15, 0.2) is 0 Å². The van der Waals surface area contributed by atoms with E-state index in [9.17, 15) is 21.6 Å². The third-order valence-corrected chi connectivity index (χ3v) is 3.74. The van der Waals surface area contributed by atoms with Gasteiger partial charge in [-0.05, 0) is 0 Å². The number of carbonyl (C=O) groups is 1. The molecule has 11 heteroatoms. The van der Waals surface area contributed by atoms with Crippen LogP contribution in [0.15, 0.2) is 0 Å². The van der Waals surface area contributed by atoms with Crippen LogP contribution in [-0.4, -0.2) is 43.9 Å². The molecule has 84 valence electrons. The Hall–Kier alpha value is -0.910. The van der Waals surface area contributed by atoms with E-state index in [4.69, 9.17) is 9.11 Å². The number of ether oxygens (including phenoxy) is 1. The zero-order valence-corrected chi connectivity index (χ0v) is 8.37. The van der Waals surface area contributed by atoms with Crippen molar-refractivity contribution in [3.8, 4) is 0 Å². The van der Waals surface area contributed by atoms with Crippen LogP contribution in [0.4, 0.5) is 4.79 Å². The van der Waals surface area contributed by atoms with Gasteiger partial charge in [0.25, 0.3) is 4.71 Å². The quantitative estimate of drug-likeness (QED) is 0.506. The van der Waals surface area contributed by atoms with Crippen molar-refractivity contribution < 1.29 is 35.5 Å². The Balaban J connectivity index is 5.08. The van der Waals surface area contributed by atoms with Gasteiger partial charge in [-0.1, -0.05) is 0 Å². The Morgan fingerprint density at radius 1 is 1.21 bits per heavy atom. The summed E-state index contributed by atoms with van der Waals surface area (Å²) in [6.45, 7) is 0. The number of rotatable bonds is 3. The van der Waals surface area contributed by atoms with Crippen LogP contribution in [0, 0.1) is 0 Å². The van der Waals surface area contributed by atoms with E-state index in [0.717, 1.165) is 7.11 Å². The monoisotopic (exact) mass is 249 g/mol. The molecule has 0 heterocycles. The highest BCUT2D eigenvalue weighted by Gasteiger charge is 2.37. The summed E-state index contributed by atoms with van der Waals surface area (Å²) in [7, 11) is -9.52. The average molecular weight is 249 g/mol. The highest BCUT2D eigenvalue weighted by atomic mass is 32.3. The summed E-state index contributed by atoms with van der Waals surface area (Å²) in [4.78, 5) is 10.4. The zero-order chi connectivity index (χ0) is 11.6. The summed E-state index contributed by atoms with van der Waals surface area (Å²) < 4.78 is 59.2. The molecular weight excluding hydrogens is 242 g/mol. The minimum Gasteiger partial charge on any atom is -0.453 e. The van der Waals surface area contributed by atoms with Crippen LogP contribution >= 0.6 is 0 Å². The molecule has 0 aliphatic rings. The zero-order valence-electron chi connectivity index (χ0n) is 6.74. The van der Waals surface area contributed by atoms with E-state index in [1.165, 1.54) is 5.32 Å². The first-order valence-electron chi connectivity index (χ1n) is 2.86. The molecule has 0 radical (unpaired) electrons. The minimum atomic E-state index is -5.18. The largest absolute Gasteiger partial charge is 0.453 e. The van der Waals surface area contributed by atoms with Gasteiger partial charge in [0.2, 0.25) is 0 Å². The van der Waals surface area contributed by atoms with E-state index in [-0.39, 0.29) is 0 Å². The summed E-state index contributed by atoms with van der Waals surface area (Å²) in [5.41, 5.74) is 0. The number of nitrogens with one attached hydrogen (secondary N) is 1.